The molecule has 0 fully saturated rings. The first-order valence-electron chi connectivity index (χ1n) is 5.92. The van der Waals surface area contributed by atoms with E-state index in [4.69, 9.17) is 0 Å². The molecule has 0 spiro atoms. The number of nitrogens with one attached hydrogen (secondary N) is 1. The maximum atomic E-state index is 12.2. The number of aromatic amines is 1. The highest BCUT2D eigenvalue weighted by Gasteiger charge is 2.11. The molecule has 1 heterocycles. The van der Waals surface area contributed by atoms with Crippen LogP contribution in [0, 0.1) is 20.8 Å². The third-order valence-corrected chi connectivity index (χ3v) is 3.15. The van der Waals surface area contributed by atoms with Gasteiger partial charge in [-0.15, -0.1) is 0 Å². The van der Waals surface area contributed by atoms with Gasteiger partial charge in [-0.1, -0.05) is 19.1 Å². The zero-order valence-electron chi connectivity index (χ0n) is 10.8. The van der Waals surface area contributed by atoms with Gasteiger partial charge in [0, 0.05) is 11.3 Å². The Labute approximate surface area is 101 Å². The van der Waals surface area contributed by atoms with E-state index in [9.17, 15) is 4.79 Å². The van der Waals surface area contributed by atoms with Crippen LogP contribution in [0.25, 0.3) is 5.69 Å². The molecule has 2 aromatic rings. The number of H-pyrrole nitrogens is 1. The molecule has 1 N–H and O–H groups in total. The molecule has 1 aromatic heterocycles. The Morgan fingerprint density at radius 2 is 1.94 bits per heavy atom. The van der Waals surface area contributed by atoms with Gasteiger partial charge in [-0.2, -0.15) is 0 Å². The lowest BCUT2D eigenvalue weighted by Gasteiger charge is -2.07. The highest BCUT2D eigenvalue weighted by Crippen LogP contribution is 2.14. The Kier molecular flexibility index (Phi) is 2.92. The van der Waals surface area contributed by atoms with Crippen molar-refractivity contribution in [2.75, 3.05) is 0 Å². The molecule has 0 radical (unpaired) electrons. The van der Waals surface area contributed by atoms with Crippen LogP contribution >= 0.6 is 0 Å². The van der Waals surface area contributed by atoms with Crippen LogP contribution in [0.3, 0.4) is 0 Å². The monoisotopic (exact) mass is 230 g/mol. The Bertz CT molecular complexity index is 605. The third-order valence-electron chi connectivity index (χ3n) is 3.15. The second-order valence-corrected chi connectivity index (χ2v) is 4.50. The van der Waals surface area contributed by atoms with Gasteiger partial charge in [0.05, 0.1) is 5.69 Å². The molecule has 17 heavy (non-hydrogen) atoms. The molecule has 0 aliphatic heterocycles. The molecular weight excluding hydrogens is 212 g/mol. The lowest BCUT2D eigenvalue weighted by atomic mass is 10.1. The predicted molar refractivity (Wildman–Crippen MR) is 70.0 cm³/mol. The summed E-state index contributed by atoms with van der Waals surface area (Å²) < 4.78 is 1.65. The largest absolute Gasteiger partial charge is 0.295 e. The summed E-state index contributed by atoms with van der Waals surface area (Å²) in [5.74, 6) is 0. The summed E-state index contributed by atoms with van der Waals surface area (Å²) in [4.78, 5) is 12.2. The van der Waals surface area contributed by atoms with Crippen LogP contribution in [0.15, 0.2) is 23.0 Å². The van der Waals surface area contributed by atoms with E-state index in [0.29, 0.717) is 0 Å². The maximum absolute atomic E-state index is 12.2. The Hall–Kier alpha value is -1.77. The molecule has 0 atom stereocenters. The summed E-state index contributed by atoms with van der Waals surface area (Å²) in [5.41, 5.74) is 5.09. The second kappa shape index (κ2) is 4.24. The lowest BCUT2D eigenvalue weighted by Crippen LogP contribution is -2.18. The Morgan fingerprint density at radius 1 is 1.24 bits per heavy atom. The summed E-state index contributed by atoms with van der Waals surface area (Å²) in [7, 11) is 0. The van der Waals surface area contributed by atoms with Gasteiger partial charge in [0.15, 0.2) is 0 Å². The topological polar surface area (TPSA) is 37.8 Å². The molecule has 3 nitrogen and oxygen atoms in total. The summed E-state index contributed by atoms with van der Waals surface area (Å²) in [6, 6.07) is 6.13. The highest BCUT2D eigenvalue weighted by atomic mass is 16.1. The molecule has 0 saturated carbocycles. The van der Waals surface area contributed by atoms with Gasteiger partial charge in [0.2, 0.25) is 0 Å². The Morgan fingerprint density at radius 3 is 2.53 bits per heavy atom. The number of nitrogens with zero attached hydrogens (tertiary/aromatic N) is 1. The van der Waals surface area contributed by atoms with E-state index >= 15 is 0 Å². The lowest BCUT2D eigenvalue weighted by molar-refractivity contribution is 0.827. The molecule has 1 aromatic carbocycles. The first-order chi connectivity index (χ1) is 8.04. The molecule has 3 heteroatoms. The number of aryl methyl sites for hydroxylation is 3. The highest BCUT2D eigenvalue weighted by molar-refractivity contribution is 5.43. The number of aromatic nitrogens is 2. The minimum absolute atomic E-state index is 0.0682. The van der Waals surface area contributed by atoms with Gasteiger partial charge >= 0.3 is 0 Å². The van der Waals surface area contributed by atoms with Crippen molar-refractivity contribution in [2.45, 2.75) is 34.1 Å². The van der Waals surface area contributed by atoms with Crippen LogP contribution in [-0.2, 0) is 6.42 Å². The van der Waals surface area contributed by atoms with E-state index in [1.807, 2.05) is 39.8 Å². The van der Waals surface area contributed by atoms with Crippen molar-refractivity contribution in [3.8, 4) is 5.69 Å². The summed E-state index contributed by atoms with van der Waals surface area (Å²) >= 11 is 0. The van der Waals surface area contributed by atoms with E-state index in [0.717, 1.165) is 34.5 Å². The van der Waals surface area contributed by atoms with Crippen molar-refractivity contribution < 1.29 is 0 Å². The summed E-state index contributed by atoms with van der Waals surface area (Å²) in [6.07, 6.45) is 0.763. The van der Waals surface area contributed by atoms with Crippen molar-refractivity contribution in [3.05, 3.63) is 50.9 Å². The van der Waals surface area contributed by atoms with Gasteiger partial charge in [0.25, 0.3) is 5.56 Å². The van der Waals surface area contributed by atoms with Gasteiger partial charge in [-0.25, -0.2) is 4.68 Å². The number of benzene rings is 1. The number of rotatable bonds is 2. The molecule has 0 aliphatic rings. The van der Waals surface area contributed by atoms with Crippen LogP contribution in [0.4, 0.5) is 0 Å². The van der Waals surface area contributed by atoms with Crippen LogP contribution in [-0.4, -0.2) is 9.78 Å². The SMILES string of the molecule is CCc1c(C)[nH]n(-c2cc(C)ccc2C)c1=O. The van der Waals surface area contributed by atoms with Gasteiger partial charge < -0.3 is 0 Å². The molecule has 90 valence electrons. The fourth-order valence-corrected chi connectivity index (χ4v) is 2.13. The first-order valence-corrected chi connectivity index (χ1v) is 5.92. The van der Waals surface area contributed by atoms with E-state index in [1.54, 1.807) is 4.68 Å². The van der Waals surface area contributed by atoms with Crippen LogP contribution < -0.4 is 5.56 Å². The molecule has 0 saturated heterocycles. The quantitative estimate of drug-likeness (QED) is 0.846. The summed E-state index contributed by atoms with van der Waals surface area (Å²) in [6.45, 7) is 8.00. The first kappa shape index (κ1) is 11.7. The Balaban J connectivity index is 2.69. The molecular formula is C14H18N2O. The van der Waals surface area contributed by atoms with Crippen molar-refractivity contribution in [3.63, 3.8) is 0 Å². The minimum atomic E-state index is 0.0682. The fourth-order valence-electron chi connectivity index (χ4n) is 2.13. The van der Waals surface area contributed by atoms with Crippen molar-refractivity contribution in [2.24, 2.45) is 0 Å². The van der Waals surface area contributed by atoms with Crippen LogP contribution in [0.1, 0.15) is 29.3 Å². The normalized spacial score (nSPS) is 10.8. The second-order valence-electron chi connectivity index (χ2n) is 4.50. The van der Waals surface area contributed by atoms with Crippen LogP contribution in [0.5, 0.6) is 0 Å². The fraction of sp³-hybridized carbons (Fsp3) is 0.357. The molecule has 0 amide bonds. The number of hydrogen-bond acceptors (Lipinski definition) is 1. The van der Waals surface area contributed by atoms with Crippen molar-refractivity contribution in [1.29, 1.82) is 0 Å². The standard InChI is InChI=1S/C14H18N2O/c1-5-12-11(4)15-16(14(12)17)13-8-9(2)6-7-10(13)3/h6-8,15H,5H2,1-4H3. The van der Waals surface area contributed by atoms with E-state index in [-0.39, 0.29) is 5.56 Å². The zero-order chi connectivity index (χ0) is 12.6. The average Bonchev–Trinajstić information content (AvgIpc) is 2.57. The molecule has 2 rings (SSSR count). The third kappa shape index (κ3) is 1.93. The van der Waals surface area contributed by atoms with E-state index in [2.05, 4.69) is 11.2 Å². The zero-order valence-corrected chi connectivity index (χ0v) is 10.8. The van der Waals surface area contributed by atoms with E-state index in [1.165, 1.54) is 0 Å². The smallest absolute Gasteiger partial charge is 0.274 e. The number of hydrogen-bond donors (Lipinski definition) is 1. The molecule has 0 unspecified atom stereocenters. The molecule has 0 aliphatic carbocycles. The molecule has 0 bridgehead atoms. The van der Waals surface area contributed by atoms with Crippen LogP contribution in [0.2, 0.25) is 0 Å². The minimum Gasteiger partial charge on any atom is -0.295 e. The van der Waals surface area contributed by atoms with Crippen molar-refractivity contribution in [1.82, 2.24) is 9.78 Å². The maximum Gasteiger partial charge on any atom is 0.274 e. The van der Waals surface area contributed by atoms with Gasteiger partial charge in [-0.05, 0) is 44.4 Å². The van der Waals surface area contributed by atoms with Crippen molar-refractivity contribution >= 4 is 0 Å². The summed E-state index contributed by atoms with van der Waals surface area (Å²) in [5, 5.41) is 3.15. The van der Waals surface area contributed by atoms with Gasteiger partial charge in [-0.3, -0.25) is 9.89 Å². The average molecular weight is 230 g/mol. The van der Waals surface area contributed by atoms with E-state index < -0.39 is 0 Å². The van der Waals surface area contributed by atoms with Gasteiger partial charge in [0.1, 0.15) is 0 Å². The predicted octanol–water partition coefficient (Wildman–Crippen LogP) is 2.65.